The lowest BCUT2D eigenvalue weighted by Crippen LogP contribution is -2.21. The van der Waals surface area contributed by atoms with E-state index in [-0.39, 0.29) is 18.4 Å². The highest BCUT2D eigenvalue weighted by Crippen LogP contribution is 2.28. The van der Waals surface area contributed by atoms with Crippen LogP contribution in [0.1, 0.15) is 15.9 Å². The maximum atomic E-state index is 12.7. The predicted molar refractivity (Wildman–Crippen MR) is 174 cm³/mol. The Balaban J connectivity index is 1.17. The summed E-state index contributed by atoms with van der Waals surface area (Å²) >= 11 is 4.94. The molecule has 43 heavy (non-hydrogen) atoms. The molecule has 1 heterocycles. The number of methoxy groups -OCH3 is 1. The van der Waals surface area contributed by atoms with Gasteiger partial charge in [-0.15, -0.1) is 11.3 Å². The van der Waals surface area contributed by atoms with E-state index in [1.165, 1.54) is 24.7 Å². The zero-order valence-corrected chi connectivity index (χ0v) is 25.3. The number of carbonyl (C=O) groups is 2. The number of halogens is 1. The first-order chi connectivity index (χ1) is 21.0. The molecule has 1 aromatic heterocycles. The van der Waals surface area contributed by atoms with E-state index in [0.717, 1.165) is 26.5 Å². The van der Waals surface area contributed by atoms with E-state index in [0.29, 0.717) is 28.3 Å². The molecule has 0 saturated carbocycles. The highest BCUT2D eigenvalue weighted by molar-refractivity contribution is 9.10. The Labute approximate surface area is 260 Å². The van der Waals surface area contributed by atoms with Crippen LogP contribution in [0.5, 0.6) is 11.5 Å². The minimum atomic E-state index is -0.374. The zero-order valence-electron chi connectivity index (χ0n) is 22.9. The predicted octanol–water partition coefficient (Wildman–Crippen LogP) is 7.11. The number of amides is 2. The quantitative estimate of drug-likeness (QED) is 0.103. The Hall–Kier alpha value is -5.00. The molecule has 11 heteroatoms. The normalized spacial score (nSPS) is 10.7. The average Bonchev–Trinajstić information content (AvgIpc) is 3.50. The molecule has 0 fully saturated rings. The second-order valence-electron chi connectivity index (χ2n) is 9.02. The number of aromatic nitrogens is 1. The first-order valence-corrected chi connectivity index (χ1v) is 14.7. The number of thiazole rings is 1. The van der Waals surface area contributed by atoms with Gasteiger partial charge < -0.3 is 20.1 Å². The summed E-state index contributed by atoms with van der Waals surface area (Å²) in [6.07, 6.45) is 1.46. The number of rotatable bonds is 11. The van der Waals surface area contributed by atoms with Crippen molar-refractivity contribution in [1.82, 2.24) is 10.4 Å². The molecular weight excluding hydrogens is 630 g/mol. The third-order valence-corrected chi connectivity index (χ3v) is 7.30. The van der Waals surface area contributed by atoms with Crippen molar-refractivity contribution in [3.8, 4) is 22.8 Å². The number of ether oxygens (including phenoxy) is 2. The smallest absolute Gasteiger partial charge is 0.271 e. The number of para-hydroxylation sites is 3. The van der Waals surface area contributed by atoms with Crippen molar-refractivity contribution in [2.45, 2.75) is 0 Å². The molecule has 0 unspecified atom stereocenters. The summed E-state index contributed by atoms with van der Waals surface area (Å²) in [7, 11) is 1.53. The van der Waals surface area contributed by atoms with E-state index < -0.39 is 0 Å². The third-order valence-electron chi connectivity index (χ3n) is 6.05. The highest BCUT2D eigenvalue weighted by atomic mass is 79.9. The van der Waals surface area contributed by atoms with Crippen LogP contribution >= 0.6 is 27.3 Å². The van der Waals surface area contributed by atoms with Crippen LogP contribution in [0.25, 0.3) is 11.3 Å². The molecule has 3 N–H and O–H groups in total. The molecule has 0 saturated heterocycles. The van der Waals surface area contributed by atoms with Crippen molar-refractivity contribution in [3.63, 3.8) is 0 Å². The van der Waals surface area contributed by atoms with Crippen LogP contribution in [-0.2, 0) is 4.79 Å². The van der Waals surface area contributed by atoms with Crippen molar-refractivity contribution in [3.05, 3.63) is 118 Å². The van der Waals surface area contributed by atoms with E-state index in [1.807, 2.05) is 53.9 Å². The fourth-order valence-electron chi connectivity index (χ4n) is 3.96. The second-order valence-corrected chi connectivity index (χ2v) is 10.8. The van der Waals surface area contributed by atoms with Gasteiger partial charge >= 0.3 is 0 Å². The van der Waals surface area contributed by atoms with Crippen LogP contribution in [0.2, 0.25) is 0 Å². The van der Waals surface area contributed by atoms with Crippen molar-refractivity contribution in [2.75, 3.05) is 24.4 Å². The fourth-order valence-corrected chi connectivity index (χ4v) is 5.07. The maximum absolute atomic E-state index is 12.7. The highest BCUT2D eigenvalue weighted by Gasteiger charge is 2.11. The van der Waals surface area contributed by atoms with E-state index in [2.05, 4.69) is 42.1 Å². The number of hydrazone groups is 1. The SMILES string of the molecule is COc1ccccc1NC(=O)COc1ccc(Br)cc1/C=N/NC(=O)c1ccc(-c2csc(Nc3ccccc3)n2)cc1. The van der Waals surface area contributed by atoms with Gasteiger partial charge in [0.25, 0.3) is 11.8 Å². The number of anilines is 3. The molecule has 5 rings (SSSR count). The zero-order chi connectivity index (χ0) is 30.0. The lowest BCUT2D eigenvalue weighted by Gasteiger charge is -2.12. The first-order valence-electron chi connectivity index (χ1n) is 13.0. The minimum Gasteiger partial charge on any atom is -0.495 e. The molecule has 0 radical (unpaired) electrons. The molecule has 216 valence electrons. The van der Waals surface area contributed by atoms with Crippen molar-refractivity contribution >= 4 is 61.8 Å². The molecule has 0 spiro atoms. The van der Waals surface area contributed by atoms with Gasteiger partial charge in [-0.3, -0.25) is 9.59 Å². The Morgan fingerprint density at radius 1 is 0.953 bits per heavy atom. The number of benzene rings is 4. The molecule has 5 aromatic rings. The Kier molecular flexibility index (Phi) is 9.78. The van der Waals surface area contributed by atoms with E-state index in [9.17, 15) is 9.59 Å². The number of nitrogens with one attached hydrogen (secondary N) is 3. The number of nitrogens with zero attached hydrogens (tertiary/aromatic N) is 2. The topological polar surface area (TPSA) is 114 Å². The summed E-state index contributed by atoms with van der Waals surface area (Å²) in [4.78, 5) is 29.9. The van der Waals surface area contributed by atoms with Gasteiger partial charge in [-0.1, -0.05) is 58.4 Å². The van der Waals surface area contributed by atoms with Gasteiger partial charge in [0.1, 0.15) is 11.5 Å². The first kappa shape index (κ1) is 29.5. The van der Waals surface area contributed by atoms with E-state index in [4.69, 9.17) is 9.47 Å². The fraction of sp³-hybridized carbons (Fsp3) is 0.0625. The summed E-state index contributed by atoms with van der Waals surface area (Å²) in [5.41, 5.74) is 6.76. The van der Waals surface area contributed by atoms with Crippen LogP contribution in [0.3, 0.4) is 0 Å². The summed E-state index contributed by atoms with van der Waals surface area (Å²) in [5.74, 6) is 0.241. The van der Waals surface area contributed by atoms with Crippen molar-refractivity contribution in [1.29, 1.82) is 0 Å². The molecule has 0 aliphatic rings. The van der Waals surface area contributed by atoms with Gasteiger partial charge in [0.2, 0.25) is 0 Å². The number of hydrogen-bond acceptors (Lipinski definition) is 8. The lowest BCUT2D eigenvalue weighted by atomic mass is 10.1. The number of hydrogen-bond donors (Lipinski definition) is 3. The van der Waals surface area contributed by atoms with Gasteiger partial charge in [0, 0.05) is 32.2 Å². The van der Waals surface area contributed by atoms with Crippen molar-refractivity contribution in [2.24, 2.45) is 5.10 Å². The van der Waals surface area contributed by atoms with Gasteiger partial charge in [-0.05, 0) is 54.6 Å². The Morgan fingerprint density at radius 3 is 2.51 bits per heavy atom. The Bertz CT molecular complexity index is 1740. The van der Waals surface area contributed by atoms with Crippen LogP contribution in [0.4, 0.5) is 16.5 Å². The summed E-state index contributed by atoms with van der Waals surface area (Å²) < 4.78 is 11.8. The molecule has 0 aliphatic heterocycles. The van der Waals surface area contributed by atoms with Crippen LogP contribution in [0.15, 0.2) is 112 Å². The van der Waals surface area contributed by atoms with Crippen LogP contribution in [0, 0.1) is 0 Å². The molecule has 0 atom stereocenters. The van der Waals surface area contributed by atoms with E-state index in [1.54, 1.807) is 48.5 Å². The van der Waals surface area contributed by atoms with Crippen LogP contribution < -0.4 is 25.5 Å². The third kappa shape index (κ3) is 8.06. The van der Waals surface area contributed by atoms with Gasteiger partial charge in [0.15, 0.2) is 11.7 Å². The molecule has 9 nitrogen and oxygen atoms in total. The molecular formula is C32H26BrN5O4S. The van der Waals surface area contributed by atoms with E-state index >= 15 is 0 Å². The van der Waals surface area contributed by atoms with Crippen LogP contribution in [-0.4, -0.2) is 36.7 Å². The minimum absolute atomic E-state index is 0.234. The van der Waals surface area contributed by atoms with Crippen molar-refractivity contribution < 1.29 is 19.1 Å². The molecule has 2 amide bonds. The van der Waals surface area contributed by atoms with Gasteiger partial charge in [-0.25, -0.2) is 10.4 Å². The maximum Gasteiger partial charge on any atom is 0.271 e. The molecule has 0 bridgehead atoms. The van der Waals surface area contributed by atoms with Gasteiger partial charge in [-0.2, -0.15) is 5.10 Å². The number of carbonyl (C=O) groups excluding carboxylic acids is 2. The molecule has 0 aliphatic carbocycles. The van der Waals surface area contributed by atoms with Gasteiger partial charge in [0.05, 0.1) is 24.7 Å². The largest absolute Gasteiger partial charge is 0.495 e. The Morgan fingerprint density at radius 2 is 1.72 bits per heavy atom. The standard InChI is InChI=1S/C32H26BrN5O4S/c1-41-29-10-6-5-9-26(29)36-30(39)19-42-28-16-15-24(33)17-23(28)18-34-38-31(40)22-13-11-21(12-14-22)27-20-43-32(37-27)35-25-7-3-2-4-8-25/h2-18,20H,19H2,1H3,(H,35,37)(H,36,39)(H,38,40)/b34-18+. The summed E-state index contributed by atoms with van der Waals surface area (Å²) in [6.45, 7) is -0.234. The monoisotopic (exact) mass is 655 g/mol. The second kappa shape index (κ2) is 14.3. The summed E-state index contributed by atoms with van der Waals surface area (Å²) in [6, 6.07) is 29.3. The average molecular weight is 657 g/mol. The lowest BCUT2D eigenvalue weighted by molar-refractivity contribution is -0.118. The molecule has 4 aromatic carbocycles. The summed E-state index contributed by atoms with van der Waals surface area (Å²) in [5, 5.41) is 12.9.